The van der Waals surface area contributed by atoms with E-state index < -0.39 is 10.1 Å². The van der Waals surface area contributed by atoms with Crippen molar-refractivity contribution in [2.75, 3.05) is 21.1 Å². The lowest BCUT2D eigenvalue weighted by Gasteiger charge is -2.04. The molecule has 1 N–H and O–H groups in total. The molecule has 0 amide bonds. The topological polar surface area (TPSA) is 72.2 Å². The van der Waals surface area contributed by atoms with Gasteiger partial charge in [0.2, 0.25) is 5.84 Å². The molecule has 6 heteroatoms. The maximum Gasteiger partial charge on any atom is 0.240 e. The summed E-state index contributed by atoms with van der Waals surface area (Å²) in [6, 6.07) is 7.19. The third-order valence-corrected chi connectivity index (χ3v) is 2.91. The standard InChI is InChI=1S/C6H6O3S.C5H12N2/c7-10(8,9)6-4-2-1-3-5-6;1-5(6-2)7(3)4/h1-5H,(H,7,8,9);1-4H3. The predicted octanol–water partition coefficient (Wildman–Crippen LogP) is 0.487. The number of hydrogen-bond donors (Lipinski definition) is 1. The number of hydrogen-bond acceptors (Lipinski definition) is 3. The summed E-state index contributed by atoms with van der Waals surface area (Å²) >= 11 is 0. The van der Waals surface area contributed by atoms with Crippen LogP contribution in [0.5, 0.6) is 0 Å². The van der Waals surface area contributed by atoms with E-state index >= 15 is 0 Å². The average Bonchev–Trinajstić information content (AvgIpc) is 2.28. The molecule has 0 radical (unpaired) electrons. The Morgan fingerprint density at radius 2 is 1.71 bits per heavy atom. The molecule has 5 nitrogen and oxygen atoms in total. The van der Waals surface area contributed by atoms with Crippen LogP contribution in [0.2, 0.25) is 0 Å². The largest absolute Gasteiger partial charge is 0.744 e. The summed E-state index contributed by atoms with van der Waals surface area (Å²) in [6.07, 6.45) is 0. The van der Waals surface area contributed by atoms with Gasteiger partial charge in [0.15, 0.2) is 0 Å². The lowest BCUT2D eigenvalue weighted by atomic mass is 10.4. The van der Waals surface area contributed by atoms with Gasteiger partial charge in [0.05, 0.1) is 26.0 Å². The van der Waals surface area contributed by atoms with E-state index in [1.165, 1.54) is 30.1 Å². The van der Waals surface area contributed by atoms with Crippen LogP contribution in [0.3, 0.4) is 0 Å². The van der Waals surface area contributed by atoms with Gasteiger partial charge in [0, 0.05) is 6.92 Å². The average molecular weight is 258 g/mol. The summed E-state index contributed by atoms with van der Waals surface area (Å²) < 4.78 is 32.9. The Morgan fingerprint density at radius 1 is 1.24 bits per heavy atom. The van der Waals surface area contributed by atoms with Crippen LogP contribution in [0.4, 0.5) is 0 Å². The van der Waals surface area contributed by atoms with E-state index in [0.717, 1.165) is 0 Å². The molecule has 0 aliphatic carbocycles. The highest BCUT2D eigenvalue weighted by molar-refractivity contribution is 7.85. The van der Waals surface area contributed by atoms with Gasteiger partial charge < -0.3 is 4.55 Å². The van der Waals surface area contributed by atoms with Crippen LogP contribution in [-0.2, 0) is 10.1 Å². The van der Waals surface area contributed by atoms with E-state index in [9.17, 15) is 13.0 Å². The minimum atomic E-state index is -4.25. The summed E-state index contributed by atoms with van der Waals surface area (Å²) in [4.78, 5) is -0.185. The van der Waals surface area contributed by atoms with Gasteiger partial charge in [0.25, 0.3) is 0 Å². The smallest absolute Gasteiger partial charge is 0.240 e. The van der Waals surface area contributed by atoms with Gasteiger partial charge in [-0.2, -0.15) is 0 Å². The van der Waals surface area contributed by atoms with Crippen LogP contribution in [0.1, 0.15) is 6.92 Å². The van der Waals surface area contributed by atoms with Crippen molar-refractivity contribution in [3.05, 3.63) is 30.3 Å². The highest BCUT2D eigenvalue weighted by Crippen LogP contribution is 2.04. The molecule has 96 valence electrons. The Bertz CT molecular complexity index is 463. The molecule has 0 bridgehead atoms. The molecule has 0 spiro atoms. The van der Waals surface area contributed by atoms with Crippen molar-refractivity contribution in [3.8, 4) is 0 Å². The van der Waals surface area contributed by atoms with Gasteiger partial charge in [-0.05, 0) is 12.1 Å². The molecule has 0 aromatic heterocycles. The van der Waals surface area contributed by atoms with Crippen molar-refractivity contribution >= 4 is 16.0 Å². The fraction of sp³-hybridized carbons (Fsp3) is 0.364. The first-order valence-corrected chi connectivity index (χ1v) is 6.39. The van der Waals surface area contributed by atoms with Gasteiger partial charge in [-0.15, -0.1) is 0 Å². The maximum atomic E-state index is 10.3. The first-order chi connectivity index (χ1) is 7.79. The Balaban J connectivity index is 0.000000325. The first-order valence-electron chi connectivity index (χ1n) is 4.98. The summed E-state index contributed by atoms with van der Waals surface area (Å²) in [7, 11) is 1.67. The van der Waals surface area contributed by atoms with E-state index in [4.69, 9.17) is 0 Å². The highest BCUT2D eigenvalue weighted by atomic mass is 32.2. The molecule has 0 aliphatic rings. The summed E-state index contributed by atoms with van der Waals surface area (Å²) in [6.45, 7) is 2.03. The molecule has 0 aliphatic heterocycles. The zero-order chi connectivity index (χ0) is 13.5. The van der Waals surface area contributed by atoms with E-state index in [0.29, 0.717) is 0 Å². The normalized spacial score (nSPS) is 9.94. The molecule has 1 aromatic rings. The van der Waals surface area contributed by atoms with E-state index in [2.05, 4.69) is 5.32 Å². The molecular formula is C11H18N2O3S. The molecule has 17 heavy (non-hydrogen) atoms. The second kappa shape index (κ2) is 7.03. The highest BCUT2D eigenvalue weighted by Gasteiger charge is 1.95. The second-order valence-electron chi connectivity index (χ2n) is 3.50. The van der Waals surface area contributed by atoms with Crippen LogP contribution in [-0.4, -0.2) is 44.5 Å². The van der Waals surface area contributed by atoms with Gasteiger partial charge in [-0.25, -0.2) is 8.42 Å². The van der Waals surface area contributed by atoms with Crippen molar-refractivity contribution in [1.82, 2.24) is 5.32 Å². The lowest BCUT2D eigenvalue weighted by Crippen LogP contribution is -2.23. The number of nitrogens with one attached hydrogen (secondary N) is 1. The Morgan fingerprint density at radius 3 is 1.88 bits per heavy atom. The predicted molar refractivity (Wildman–Crippen MR) is 66.3 cm³/mol. The summed E-state index contributed by atoms with van der Waals surface area (Å²) in [5, 5.41) is 3.01. The zero-order valence-electron chi connectivity index (χ0n) is 10.5. The molecule has 0 fully saturated rings. The number of amidine groups is 1. The van der Waals surface area contributed by atoms with Crippen molar-refractivity contribution in [2.24, 2.45) is 0 Å². The summed E-state index contributed by atoms with van der Waals surface area (Å²) in [5.41, 5.74) is 0. The first kappa shape index (κ1) is 15.6. The molecule has 1 aromatic carbocycles. The van der Waals surface area contributed by atoms with Gasteiger partial charge in [-0.3, -0.25) is 9.89 Å². The molecule has 0 saturated heterocycles. The van der Waals surface area contributed by atoms with Crippen molar-refractivity contribution in [1.29, 1.82) is 0 Å². The minimum absolute atomic E-state index is 0.185. The molecule has 0 saturated carbocycles. The van der Waals surface area contributed by atoms with Crippen LogP contribution in [0.25, 0.3) is 0 Å². The third kappa shape index (κ3) is 6.70. The quantitative estimate of drug-likeness (QED) is 0.344. The Kier molecular flexibility index (Phi) is 6.45. The summed E-state index contributed by atoms with van der Waals surface area (Å²) in [5.74, 6) is 1.18. The van der Waals surface area contributed by atoms with E-state index in [1.807, 2.05) is 32.6 Å². The Labute approximate surface area is 103 Å². The van der Waals surface area contributed by atoms with Crippen LogP contribution in [0.15, 0.2) is 35.2 Å². The van der Waals surface area contributed by atoms with Crippen molar-refractivity contribution in [2.45, 2.75) is 11.8 Å². The van der Waals surface area contributed by atoms with E-state index in [-0.39, 0.29) is 4.90 Å². The Hall–Kier alpha value is -1.40. The third-order valence-electron chi connectivity index (χ3n) is 2.06. The second-order valence-corrected chi connectivity index (χ2v) is 4.88. The minimum Gasteiger partial charge on any atom is -0.744 e. The van der Waals surface area contributed by atoms with Crippen LogP contribution >= 0.6 is 0 Å². The van der Waals surface area contributed by atoms with Crippen molar-refractivity contribution < 1.29 is 17.5 Å². The van der Waals surface area contributed by atoms with Crippen LogP contribution in [0, 0.1) is 0 Å². The lowest BCUT2D eigenvalue weighted by molar-refractivity contribution is -0.467. The van der Waals surface area contributed by atoms with Gasteiger partial charge in [-0.1, -0.05) is 18.2 Å². The van der Waals surface area contributed by atoms with Crippen molar-refractivity contribution in [3.63, 3.8) is 0 Å². The van der Waals surface area contributed by atoms with E-state index in [1.54, 1.807) is 6.07 Å². The molecule has 0 unspecified atom stereocenters. The van der Waals surface area contributed by atoms with Crippen LogP contribution < -0.4 is 5.32 Å². The maximum absolute atomic E-state index is 10.3. The SMILES string of the molecule is CNC(C)=[N+](C)C.O=S(=O)([O-])c1ccccc1. The monoisotopic (exact) mass is 258 g/mol. The molecule has 0 atom stereocenters. The molecular weight excluding hydrogens is 240 g/mol. The fourth-order valence-corrected chi connectivity index (χ4v) is 1.30. The number of nitrogens with zero attached hydrogens (tertiary/aromatic N) is 1. The molecule has 1 rings (SSSR count). The van der Waals surface area contributed by atoms with Gasteiger partial charge in [0.1, 0.15) is 10.1 Å². The number of rotatable bonds is 1. The fourth-order valence-electron chi connectivity index (χ4n) is 0.811. The van der Waals surface area contributed by atoms with Gasteiger partial charge >= 0.3 is 0 Å². The number of benzene rings is 1. The zero-order valence-corrected chi connectivity index (χ0v) is 11.3. The molecule has 0 heterocycles.